The summed E-state index contributed by atoms with van der Waals surface area (Å²) in [4.78, 5) is 4.36. The van der Waals surface area contributed by atoms with Crippen molar-refractivity contribution in [2.24, 2.45) is 5.41 Å². The third kappa shape index (κ3) is 1.99. The van der Waals surface area contributed by atoms with Crippen LogP contribution in [-0.4, -0.2) is 16.5 Å². The minimum Gasteiger partial charge on any atom is -0.489 e. The van der Waals surface area contributed by atoms with Gasteiger partial charge in [0.2, 0.25) is 0 Å². The summed E-state index contributed by atoms with van der Waals surface area (Å²) in [7, 11) is 0. The summed E-state index contributed by atoms with van der Waals surface area (Å²) in [5.41, 5.74) is 1.05. The normalized spacial score (nSPS) is 30.1. The van der Waals surface area contributed by atoms with Crippen molar-refractivity contribution in [2.45, 2.75) is 38.2 Å². The van der Waals surface area contributed by atoms with Crippen LogP contribution in [0.2, 0.25) is 0 Å². The summed E-state index contributed by atoms with van der Waals surface area (Å²) in [6, 6.07) is 10.0. The first kappa shape index (κ1) is 12.7. The Balaban J connectivity index is 1.91. The second-order valence-electron chi connectivity index (χ2n) is 5.50. The molecule has 1 heterocycles. The highest BCUT2D eigenvalue weighted by Crippen LogP contribution is 2.49. The zero-order valence-electron chi connectivity index (χ0n) is 11.3. The van der Waals surface area contributed by atoms with Crippen LogP contribution >= 0.6 is 11.6 Å². The highest BCUT2D eigenvalue weighted by molar-refractivity contribution is 6.21. The van der Waals surface area contributed by atoms with Gasteiger partial charge in [0.05, 0.1) is 5.52 Å². The fraction of sp³-hybridized carbons (Fsp3) is 0.438. The molecule has 2 nitrogen and oxygen atoms in total. The molecule has 0 saturated heterocycles. The van der Waals surface area contributed by atoms with Gasteiger partial charge in [0.25, 0.3) is 0 Å². The van der Waals surface area contributed by atoms with Crippen molar-refractivity contribution in [1.29, 1.82) is 0 Å². The van der Waals surface area contributed by atoms with Crippen molar-refractivity contribution >= 4 is 22.5 Å². The Kier molecular flexibility index (Phi) is 3.14. The van der Waals surface area contributed by atoms with Gasteiger partial charge >= 0.3 is 0 Å². The number of pyridine rings is 1. The topological polar surface area (TPSA) is 22.1 Å². The minimum atomic E-state index is 0.0753. The molecule has 3 rings (SSSR count). The summed E-state index contributed by atoms with van der Waals surface area (Å²) in [5, 5.41) is 1.29. The average molecular weight is 276 g/mol. The van der Waals surface area contributed by atoms with Crippen LogP contribution in [0.15, 0.2) is 36.5 Å². The SMILES string of the molecule is CCC1(C)C(Cl)CC1Oc1cccc2ncccc12. The molecule has 1 saturated carbocycles. The third-order valence-electron chi connectivity index (χ3n) is 4.51. The van der Waals surface area contributed by atoms with E-state index in [0.29, 0.717) is 0 Å². The first-order chi connectivity index (χ1) is 9.15. The van der Waals surface area contributed by atoms with Crippen molar-refractivity contribution in [3.63, 3.8) is 0 Å². The molecule has 3 heteroatoms. The molecule has 1 aromatic carbocycles. The number of hydrogen-bond donors (Lipinski definition) is 0. The zero-order chi connectivity index (χ0) is 13.5. The molecule has 0 bridgehead atoms. The standard InChI is InChI=1S/C16H18ClNO/c1-3-16(2)14(17)10-15(16)19-13-8-4-7-12-11(13)6-5-9-18-12/h4-9,14-15H,3,10H2,1-2H3. The molecule has 3 unspecified atom stereocenters. The summed E-state index contributed by atoms with van der Waals surface area (Å²) in [6.45, 7) is 4.39. The molecule has 19 heavy (non-hydrogen) atoms. The molecule has 2 aromatic rings. The van der Waals surface area contributed by atoms with E-state index in [4.69, 9.17) is 16.3 Å². The van der Waals surface area contributed by atoms with E-state index in [1.54, 1.807) is 6.20 Å². The van der Waals surface area contributed by atoms with Crippen LogP contribution in [0.1, 0.15) is 26.7 Å². The maximum absolute atomic E-state index is 6.34. The molecule has 0 aliphatic heterocycles. The number of benzene rings is 1. The Morgan fingerprint density at radius 1 is 1.37 bits per heavy atom. The van der Waals surface area contributed by atoms with E-state index in [1.807, 2.05) is 24.3 Å². The van der Waals surface area contributed by atoms with Gasteiger partial charge in [-0.25, -0.2) is 0 Å². The molecular formula is C16H18ClNO. The maximum atomic E-state index is 6.34. The van der Waals surface area contributed by atoms with Gasteiger partial charge in [0, 0.05) is 28.8 Å². The lowest BCUT2D eigenvalue weighted by atomic mass is 9.65. The Morgan fingerprint density at radius 3 is 2.95 bits per heavy atom. The van der Waals surface area contributed by atoms with Gasteiger partial charge in [-0.05, 0) is 30.7 Å². The fourth-order valence-electron chi connectivity index (χ4n) is 2.73. The van der Waals surface area contributed by atoms with Crippen molar-refractivity contribution < 1.29 is 4.74 Å². The number of ether oxygens (including phenoxy) is 1. The molecule has 1 fully saturated rings. The lowest BCUT2D eigenvalue weighted by Crippen LogP contribution is -2.55. The molecule has 0 amide bonds. The number of hydrogen-bond acceptors (Lipinski definition) is 2. The van der Waals surface area contributed by atoms with Gasteiger partial charge < -0.3 is 4.74 Å². The highest BCUT2D eigenvalue weighted by Gasteiger charge is 2.51. The maximum Gasteiger partial charge on any atom is 0.129 e. The van der Waals surface area contributed by atoms with Crippen LogP contribution < -0.4 is 4.74 Å². The van der Waals surface area contributed by atoms with E-state index >= 15 is 0 Å². The van der Waals surface area contributed by atoms with Crippen molar-refractivity contribution in [3.8, 4) is 5.75 Å². The molecule has 1 aliphatic carbocycles. The highest BCUT2D eigenvalue weighted by atomic mass is 35.5. The summed E-state index contributed by atoms with van der Waals surface area (Å²) in [5.74, 6) is 0.916. The Morgan fingerprint density at radius 2 is 2.21 bits per heavy atom. The summed E-state index contributed by atoms with van der Waals surface area (Å²) >= 11 is 6.34. The van der Waals surface area contributed by atoms with Gasteiger partial charge in [0.1, 0.15) is 11.9 Å². The zero-order valence-corrected chi connectivity index (χ0v) is 12.0. The van der Waals surface area contributed by atoms with Crippen LogP contribution in [0, 0.1) is 5.41 Å². The predicted molar refractivity (Wildman–Crippen MR) is 78.8 cm³/mol. The largest absolute Gasteiger partial charge is 0.489 e. The van der Waals surface area contributed by atoms with Crippen LogP contribution in [0.25, 0.3) is 10.9 Å². The van der Waals surface area contributed by atoms with Crippen LogP contribution in [-0.2, 0) is 0 Å². The molecular weight excluding hydrogens is 258 g/mol. The Bertz CT molecular complexity index is 595. The number of nitrogens with zero attached hydrogens (tertiary/aromatic N) is 1. The molecule has 1 aromatic heterocycles. The van der Waals surface area contributed by atoms with E-state index in [1.165, 1.54) is 0 Å². The molecule has 0 N–H and O–H groups in total. The molecule has 3 atom stereocenters. The van der Waals surface area contributed by atoms with Gasteiger partial charge in [-0.1, -0.05) is 19.9 Å². The van der Waals surface area contributed by atoms with E-state index in [0.717, 1.165) is 29.5 Å². The van der Waals surface area contributed by atoms with Gasteiger partial charge in [-0.3, -0.25) is 4.98 Å². The molecule has 0 spiro atoms. The number of alkyl halides is 1. The lowest BCUT2D eigenvalue weighted by Gasteiger charge is -2.50. The lowest BCUT2D eigenvalue weighted by molar-refractivity contribution is -0.0285. The monoisotopic (exact) mass is 275 g/mol. The summed E-state index contributed by atoms with van der Waals surface area (Å²) < 4.78 is 6.22. The first-order valence-electron chi connectivity index (χ1n) is 6.79. The van der Waals surface area contributed by atoms with Gasteiger partial charge in [-0.15, -0.1) is 11.6 Å². The van der Waals surface area contributed by atoms with E-state index in [9.17, 15) is 0 Å². The third-order valence-corrected chi connectivity index (χ3v) is 5.19. The van der Waals surface area contributed by atoms with E-state index in [2.05, 4.69) is 24.9 Å². The Labute approximate surface area is 118 Å². The average Bonchev–Trinajstić information content (AvgIpc) is 2.46. The van der Waals surface area contributed by atoms with Crippen LogP contribution in [0.3, 0.4) is 0 Å². The number of halogens is 1. The van der Waals surface area contributed by atoms with Crippen molar-refractivity contribution in [3.05, 3.63) is 36.5 Å². The second kappa shape index (κ2) is 4.68. The number of rotatable bonds is 3. The fourth-order valence-corrected chi connectivity index (χ4v) is 3.19. The Hall–Kier alpha value is -1.28. The van der Waals surface area contributed by atoms with Crippen molar-refractivity contribution in [1.82, 2.24) is 4.98 Å². The molecule has 1 aliphatic rings. The van der Waals surface area contributed by atoms with Crippen LogP contribution in [0.4, 0.5) is 0 Å². The van der Waals surface area contributed by atoms with Crippen LogP contribution in [0.5, 0.6) is 5.75 Å². The molecule has 100 valence electrons. The summed E-state index contributed by atoms with van der Waals surface area (Å²) in [6.07, 6.45) is 3.96. The van der Waals surface area contributed by atoms with Gasteiger partial charge in [0.15, 0.2) is 0 Å². The number of aromatic nitrogens is 1. The predicted octanol–water partition coefficient (Wildman–Crippen LogP) is 4.41. The van der Waals surface area contributed by atoms with E-state index < -0.39 is 0 Å². The second-order valence-corrected chi connectivity index (χ2v) is 6.02. The van der Waals surface area contributed by atoms with Gasteiger partial charge in [-0.2, -0.15) is 0 Å². The van der Waals surface area contributed by atoms with Crippen molar-refractivity contribution in [2.75, 3.05) is 0 Å². The number of fused-ring (bicyclic) bond motifs is 1. The first-order valence-corrected chi connectivity index (χ1v) is 7.23. The smallest absolute Gasteiger partial charge is 0.129 e. The quantitative estimate of drug-likeness (QED) is 0.774. The minimum absolute atomic E-state index is 0.0753. The van der Waals surface area contributed by atoms with E-state index in [-0.39, 0.29) is 16.9 Å². The molecule has 0 radical (unpaired) electrons.